The molecule has 0 aliphatic heterocycles. The number of thioether (sulfide) groups is 1. The Bertz CT molecular complexity index is 1130. The molecule has 9 N–H and O–H groups in total. The number of carboxylic acids is 2. The molecule has 0 aliphatic rings. The lowest BCUT2D eigenvalue weighted by molar-refractivity contribution is -0.147. The van der Waals surface area contributed by atoms with E-state index < -0.39 is 60.2 Å². The number of nitrogens with one attached hydrogen (secondary N) is 4. The van der Waals surface area contributed by atoms with E-state index in [0.717, 1.165) is 0 Å². The third kappa shape index (κ3) is 10.6. The second-order valence-corrected chi connectivity index (χ2v) is 9.64. The average Bonchev–Trinajstić information content (AvgIpc) is 3.39. The number of carbonyl (C=O) groups is 5. The number of carboxylic acid groups (broad SMARTS) is 2. The van der Waals surface area contributed by atoms with Gasteiger partial charge in [-0.1, -0.05) is 12.1 Å². The highest BCUT2D eigenvalue weighted by atomic mass is 32.2. The number of phenols is 1. The van der Waals surface area contributed by atoms with Gasteiger partial charge >= 0.3 is 11.9 Å². The number of aliphatic carboxylic acids is 2. The summed E-state index contributed by atoms with van der Waals surface area (Å²) in [6.07, 6.45) is 3.96. The Morgan fingerprint density at radius 3 is 2.13 bits per heavy atom. The fourth-order valence-corrected chi connectivity index (χ4v) is 3.98. The van der Waals surface area contributed by atoms with Crippen molar-refractivity contribution in [1.82, 2.24) is 25.9 Å². The van der Waals surface area contributed by atoms with Gasteiger partial charge in [-0.25, -0.2) is 9.78 Å². The van der Waals surface area contributed by atoms with Crippen molar-refractivity contribution in [2.75, 3.05) is 12.0 Å². The molecule has 0 saturated heterocycles. The number of nitrogens with two attached hydrogens (primary N) is 1. The lowest BCUT2D eigenvalue weighted by atomic mass is 10.0. The normalized spacial score (nSPS) is 13.9. The van der Waals surface area contributed by atoms with Crippen molar-refractivity contribution in [1.29, 1.82) is 0 Å². The molecule has 4 unspecified atom stereocenters. The lowest BCUT2D eigenvalue weighted by Crippen LogP contribution is -2.58. The maximum Gasteiger partial charge on any atom is 0.326 e. The molecule has 1 aromatic heterocycles. The van der Waals surface area contributed by atoms with E-state index in [1.54, 1.807) is 12.1 Å². The average molecular weight is 565 g/mol. The molecule has 14 nitrogen and oxygen atoms in total. The number of aromatic nitrogens is 2. The van der Waals surface area contributed by atoms with Crippen LogP contribution >= 0.6 is 11.8 Å². The minimum atomic E-state index is -1.72. The van der Waals surface area contributed by atoms with Gasteiger partial charge in [0.2, 0.25) is 17.7 Å². The minimum Gasteiger partial charge on any atom is -0.508 e. The molecule has 0 saturated carbocycles. The van der Waals surface area contributed by atoms with E-state index in [1.165, 1.54) is 36.4 Å². The lowest BCUT2D eigenvalue weighted by Gasteiger charge is -2.25. The Morgan fingerprint density at radius 1 is 0.949 bits per heavy atom. The van der Waals surface area contributed by atoms with E-state index in [-0.39, 0.29) is 25.0 Å². The monoisotopic (exact) mass is 564 g/mol. The first-order chi connectivity index (χ1) is 18.5. The van der Waals surface area contributed by atoms with Gasteiger partial charge in [-0.15, -0.1) is 0 Å². The number of hydrogen-bond acceptors (Lipinski definition) is 9. The molecule has 4 atom stereocenters. The molecule has 2 aromatic rings. The van der Waals surface area contributed by atoms with Crippen molar-refractivity contribution in [3.8, 4) is 5.75 Å². The number of hydrogen-bond donors (Lipinski definition) is 8. The van der Waals surface area contributed by atoms with Gasteiger partial charge in [0.25, 0.3) is 0 Å². The van der Waals surface area contributed by atoms with Gasteiger partial charge in [-0.2, -0.15) is 11.8 Å². The summed E-state index contributed by atoms with van der Waals surface area (Å²) in [6.45, 7) is 0. The number of carbonyl (C=O) groups excluding carboxylic acids is 3. The molecular weight excluding hydrogens is 532 g/mol. The molecule has 2 rings (SSSR count). The Kier molecular flexibility index (Phi) is 12.2. The summed E-state index contributed by atoms with van der Waals surface area (Å²) in [6, 6.07) is 1.06. The number of rotatable bonds is 16. The largest absolute Gasteiger partial charge is 0.508 e. The Labute approximate surface area is 228 Å². The third-order valence-electron chi connectivity index (χ3n) is 5.58. The van der Waals surface area contributed by atoms with Crippen molar-refractivity contribution in [3.63, 3.8) is 0 Å². The second-order valence-electron chi connectivity index (χ2n) is 8.66. The smallest absolute Gasteiger partial charge is 0.326 e. The summed E-state index contributed by atoms with van der Waals surface area (Å²) in [5.41, 5.74) is 7.18. The highest BCUT2D eigenvalue weighted by Crippen LogP contribution is 2.11. The van der Waals surface area contributed by atoms with Gasteiger partial charge in [0.1, 0.15) is 23.9 Å². The van der Waals surface area contributed by atoms with E-state index in [0.29, 0.717) is 17.0 Å². The van der Waals surface area contributed by atoms with Gasteiger partial charge in [0.15, 0.2) is 0 Å². The molecule has 1 heterocycles. The molecule has 0 spiro atoms. The van der Waals surface area contributed by atoms with Gasteiger partial charge in [-0.05, 0) is 42.5 Å². The summed E-state index contributed by atoms with van der Waals surface area (Å²) >= 11 is 1.43. The van der Waals surface area contributed by atoms with E-state index in [9.17, 15) is 34.2 Å². The Hall–Kier alpha value is -4.11. The van der Waals surface area contributed by atoms with Crippen LogP contribution in [-0.4, -0.2) is 91.1 Å². The third-order valence-corrected chi connectivity index (χ3v) is 6.22. The molecule has 212 valence electrons. The van der Waals surface area contributed by atoms with Crippen LogP contribution in [-0.2, 0) is 36.8 Å². The topological polar surface area (TPSA) is 237 Å². The highest BCUT2D eigenvalue weighted by Gasteiger charge is 2.31. The Balaban J connectivity index is 2.15. The molecule has 0 bridgehead atoms. The van der Waals surface area contributed by atoms with Crippen LogP contribution in [0.5, 0.6) is 5.75 Å². The van der Waals surface area contributed by atoms with Crippen LogP contribution in [0.4, 0.5) is 0 Å². The number of nitrogens with zero attached hydrogens (tertiary/aromatic N) is 1. The zero-order chi connectivity index (χ0) is 28.9. The van der Waals surface area contributed by atoms with E-state index in [2.05, 4.69) is 25.9 Å². The van der Waals surface area contributed by atoms with Crippen molar-refractivity contribution < 1.29 is 39.3 Å². The number of benzene rings is 1. The SMILES string of the molecule is CSCCC(NC(=O)C(N)Cc1ccc(O)cc1)C(=O)NC(Cc1cnc[nH]1)C(=O)NC(CC(=O)O)C(=O)O. The van der Waals surface area contributed by atoms with Crippen LogP contribution in [0.2, 0.25) is 0 Å². The van der Waals surface area contributed by atoms with Gasteiger partial charge in [0.05, 0.1) is 18.8 Å². The number of amides is 3. The van der Waals surface area contributed by atoms with Crippen LogP contribution in [0.1, 0.15) is 24.1 Å². The number of phenolic OH excluding ortho intramolecular Hbond substituents is 1. The molecule has 39 heavy (non-hydrogen) atoms. The first-order valence-corrected chi connectivity index (χ1v) is 13.2. The maximum atomic E-state index is 13.2. The number of H-pyrrole nitrogens is 1. The molecule has 3 amide bonds. The number of imidazole rings is 1. The van der Waals surface area contributed by atoms with Crippen LogP contribution in [0.25, 0.3) is 0 Å². The van der Waals surface area contributed by atoms with Crippen LogP contribution in [0.3, 0.4) is 0 Å². The first kappa shape index (κ1) is 31.1. The second kappa shape index (κ2) is 15.3. The fraction of sp³-hybridized carbons (Fsp3) is 0.417. The van der Waals surface area contributed by atoms with Crippen molar-refractivity contribution in [3.05, 3.63) is 48.0 Å². The van der Waals surface area contributed by atoms with Gasteiger partial charge in [0, 0.05) is 18.3 Å². The molecule has 0 aliphatic carbocycles. The van der Waals surface area contributed by atoms with Crippen molar-refractivity contribution >= 4 is 41.4 Å². The summed E-state index contributed by atoms with van der Waals surface area (Å²) in [5, 5.41) is 35.0. The molecule has 15 heteroatoms. The van der Waals surface area contributed by atoms with Gasteiger partial charge < -0.3 is 42.0 Å². The molecular formula is C24H32N6O8S. The summed E-state index contributed by atoms with van der Waals surface area (Å²) < 4.78 is 0. The molecule has 0 radical (unpaired) electrons. The molecule has 0 fully saturated rings. The number of aromatic amines is 1. The predicted octanol–water partition coefficient (Wildman–Crippen LogP) is -1.01. The van der Waals surface area contributed by atoms with E-state index >= 15 is 0 Å². The van der Waals surface area contributed by atoms with E-state index in [4.69, 9.17) is 10.8 Å². The minimum absolute atomic E-state index is 0.0666. The predicted molar refractivity (Wildman–Crippen MR) is 141 cm³/mol. The fourth-order valence-electron chi connectivity index (χ4n) is 3.51. The van der Waals surface area contributed by atoms with Gasteiger partial charge in [-0.3, -0.25) is 19.2 Å². The highest BCUT2D eigenvalue weighted by molar-refractivity contribution is 7.98. The first-order valence-electron chi connectivity index (χ1n) is 11.9. The summed E-state index contributed by atoms with van der Waals surface area (Å²) in [5.74, 6) is -4.67. The van der Waals surface area contributed by atoms with Crippen molar-refractivity contribution in [2.45, 2.75) is 49.9 Å². The van der Waals surface area contributed by atoms with Crippen LogP contribution in [0, 0.1) is 0 Å². The quantitative estimate of drug-likeness (QED) is 0.123. The zero-order valence-electron chi connectivity index (χ0n) is 21.1. The Morgan fingerprint density at radius 2 is 1.56 bits per heavy atom. The van der Waals surface area contributed by atoms with E-state index in [1.807, 2.05) is 6.26 Å². The standard InChI is InChI=1S/C24H32N6O8S/c1-39-7-6-17(28-21(34)16(25)8-13-2-4-15(31)5-3-13)22(35)29-18(9-14-11-26-12-27-14)23(36)30-19(24(37)38)10-20(32)33/h2-5,11-12,16-19,31H,6-10,25H2,1H3,(H,26,27)(H,28,34)(H,29,35)(H,30,36)(H,32,33)(H,37,38). The number of aromatic hydroxyl groups is 1. The van der Waals surface area contributed by atoms with Crippen LogP contribution < -0.4 is 21.7 Å². The van der Waals surface area contributed by atoms with Crippen LogP contribution in [0.15, 0.2) is 36.8 Å². The maximum absolute atomic E-state index is 13.2. The summed E-state index contributed by atoms with van der Waals surface area (Å²) in [7, 11) is 0. The summed E-state index contributed by atoms with van der Waals surface area (Å²) in [4.78, 5) is 68.1. The zero-order valence-corrected chi connectivity index (χ0v) is 21.9. The molecule has 1 aromatic carbocycles. The van der Waals surface area contributed by atoms with Crippen molar-refractivity contribution in [2.24, 2.45) is 5.73 Å².